The number of carbonyl (C=O) groups excluding carboxylic acids is 1. The van der Waals surface area contributed by atoms with E-state index in [1.54, 1.807) is 6.92 Å². The molecule has 0 radical (unpaired) electrons. The normalized spacial score (nSPS) is 10.4. The zero-order valence-corrected chi connectivity index (χ0v) is 12.6. The van der Waals surface area contributed by atoms with Crippen LogP contribution in [0.1, 0.15) is 35.7 Å². The summed E-state index contributed by atoms with van der Waals surface area (Å²) in [5.74, 6) is 0.290. The van der Waals surface area contributed by atoms with Crippen LogP contribution >= 0.6 is 11.6 Å². The van der Waals surface area contributed by atoms with E-state index in [2.05, 4.69) is 4.98 Å². The first-order chi connectivity index (χ1) is 10.1. The smallest absolute Gasteiger partial charge is 0.376 e. The molecule has 0 aliphatic carbocycles. The Morgan fingerprint density at radius 2 is 1.95 bits per heavy atom. The van der Waals surface area contributed by atoms with Gasteiger partial charge in [-0.2, -0.15) is 0 Å². The fourth-order valence-electron chi connectivity index (χ4n) is 1.86. The molecule has 0 unspecified atom stereocenters. The van der Waals surface area contributed by atoms with Crippen molar-refractivity contribution in [3.63, 3.8) is 0 Å². The Labute approximate surface area is 127 Å². The first kappa shape index (κ1) is 15.4. The van der Waals surface area contributed by atoms with Gasteiger partial charge in [0.25, 0.3) is 5.35 Å². The third-order valence-corrected chi connectivity index (χ3v) is 2.90. The number of nitrogens with zero attached hydrogens (tertiary/aromatic N) is 1. The Hall–Kier alpha value is -2.01. The number of carbonyl (C=O) groups is 1. The summed E-state index contributed by atoms with van der Waals surface area (Å²) in [6.45, 7) is 4.53. The van der Waals surface area contributed by atoms with E-state index in [4.69, 9.17) is 25.5 Å². The van der Waals surface area contributed by atoms with Gasteiger partial charge in [0.15, 0.2) is 0 Å². The second kappa shape index (κ2) is 7.13. The molecule has 0 saturated heterocycles. The van der Waals surface area contributed by atoms with Crippen molar-refractivity contribution in [3.8, 4) is 5.75 Å². The molecule has 21 heavy (non-hydrogen) atoms. The summed E-state index contributed by atoms with van der Waals surface area (Å²) in [4.78, 5) is 15.8. The molecule has 0 spiro atoms. The molecular weight excluding hydrogens is 294 g/mol. The summed E-state index contributed by atoms with van der Waals surface area (Å²) in [6.07, 6.45) is 0.427. The van der Waals surface area contributed by atoms with Gasteiger partial charge in [0, 0.05) is 6.42 Å². The number of benzene rings is 1. The van der Waals surface area contributed by atoms with Crippen molar-refractivity contribution in [2.24, 2.45) is 0 Å². The molecule has 0 aliphatic rings. The van der Waals surface area contributed by atoms with Crippen molar-refractivity contribution in [3.05, 3.63) is 46.6 Å². The molecular formula is C15H16ClNO4. The fourth-order valence-corrected chi connectivity index (χ4v) is 2.04. The molecule has 0 bridgehead atoms. The molecule has 0 atom stereocenters. The second-order valence-corrected chi connectivity index (χ2v) is 4.54. The first-order valence-electron chi connectivity index (χ1n) is 6.68. The number of oxazole rings is 1. The van der Waals surface area contributed by atoms with Gasteiger partial charge in [-0.3, -0.25) is 0 Å². The third-order valence-electron chi connectivity index (χ3n) is 2.74. The summed E-state index contributed by atoms with van der Waals surface area (Å²) >= 11 is 5.74. The van der Waals surface area contributed by atoms with Crippen molar-refractivity contribution in [1.29, 1.82) is 0 Å². The van der Waals surface area contributed by atoms with E-state index in [0.717, 1.165) is 11.3 Å². The van der Waals surface area contributed by atoms with Crippen molar-refractivity contribution >= 4 is 17.6 Å². The number of aromatic nitrogens is 1. The number of halogens is 1. The van der Waals surface area contributed by atoms with Gasteiger partial charge in [-0.15, -0.1) is 0 Å². The van der Waals surface area contributed by atoms with Crippen molar-refractivity contribution in [2.45, 2.75) is 20.3 Å². The van der Waals surface area contributed by atoms with Crippen LogP contribution in [0.4, 0.5) is 0 Å². The number of esters is 1. The number of hydrogen-bond acceptors (Lipinski definition) is 5. The highest BCUT2D eigenvalue weighted by atomic mass is 35.5. The standard InChI is InChI=1S/C15H16ClNO4/c1-3-19-11-7-5-10(6-8-11)9-12-13(14(18)20-4-2)21-15(16)17-12/h5-8H,3-4,9H2,1-2H3. The van der Waals surface area contributed by atoms with Crippen LogP contribution in [-0.4, -0.2) is 24.2 Å². The van der Waals surface area contributed by atoms with Gasteiger partial charge in [0.05, 0.1) is 13.2 Å². The van der Waals surface area contributed by atoms with Gasteiger partial charge in [0.1, 0.15) is 11.4 Å². The maximum absolute atomic E-state index is 11.8. The Kier molecular flexibility index (Phi) is 5.22. The third kappa shape index (κ3) is 3.98. The topological polar surface area (TPSA) is 61.6 Å². The Bertz CT molecular complexity index is 607. The minimum atomic E-state index is -0.558. The van der Waals surface area contributed by atoms with Gasteiger partial charge in [0.2, 0.25) is 5.76 Å². The summed E-state index contributed by atoms with van der Waals surface area (Å²) in [7, 11) is 0. The molecule has 1 heterocycles. The number of rotatable bonds is 6. The molecule has 0 N–H and O–H groups in total. The summed E-state index contributed by atoms with van der Waals surface area (Å²) in [6, 6.07) is 7.54. The molecule has 5 nitrogen and oxygen atoms in total. The van der Waals surface area contributed by atoms with Gasteiger partial charge in [-0.25, -0.2) is 9.78 Å². The van der Waals surface area contributed by atoms with E-state index in [1.807, 2.05) is 31.2 Å². The van der Waals surface area contributed by atoms with E-state index in [1.165, 1.54) is 0 Å². The average Bonchev–Trinajstić information content (AvgIpc) is 2.82. The average molecular weight is 310 g/mol. The van der Waals surface area contributed by atoms with E-state index < -0.39 is 5.97 Å². The van der Waals surface area contributed by atoms with Crippen LogP contribution in [0, 0.1) is 0 Å². The van der Waals surface area contributed by atoms with Gasteiger partial charge < -0.3 is 13.9 Å². The van der Waals surface area contributed by atoms with Crippen LogP contribution in [0.2, 0.25) is 5.35 Å². The molecule has 0 fully saturated rings. The van der Waals surface area contributed by atoms with Gasteiger partial charge in [-0.05, 0) is 43.1 Å². The Balaban J connectivity index is 2.17. The molecule has 0 amide bonds. The minimum absolute atomic E-state index is 0.0516. The maximum atomic E-state index is 11.8. The highest BCUT2D eigenvalue weighted by Crippen LogP contribution is 2.21. The molecule has 112 valence electrons. The van der Waals surface area contributed by atoms with Crippen molar-refractivity contribution in [2.75, 3.05) is 13.2 Å². The van der Waals surface area contributed by atoms with Crippen LogP contribution in [0.3, 0.4) is 0 Å². The maximum Gasteiger partial charge on any atom is 0.376 e. The van der Waals surface area contributed by atoms with Crippen LogP contribution in [-0.2, 0) is 11.2 Å². The first-order valence-corrected chi connectivity index (χ1v) is 7.05. The SMILES string of the molecule is CCOC(=O)c1oc(Cl)nc1Cc1ccc(OCC)cc1. The Morgan fingerprint density at radius 1 is 1.24 bits per heavy atom. The number of hydrogen-bond donors (Lipinski definition) is 0. The fraction of sp³-hybridized carbons (Fsp3) is 0.333. The lowest BCUT2D eigenvalue weighted by molar-refractivity contribution is 0.0488. The highest BCUT2D eigenvalue weighted by molar-refractivity contribution is 6.27. The quantitative estimate of drug-likeness (QED) is 0.764. The van der Waals surface area contributed by atoms with E-state index >= 15 is 0 Å². The summed E-state index contributed by atoms with van der Waals surface area (Å²) in [5.41, 5.74) is 1.43. The molecule has 1 aromatic carbocycles. The predicted molar refractivity (Wildman–Crippen MR) is 77.9 cm³/mol. The lowest BCUT2D eigenvalue weighted by Gasteiger charge is -2.04. The predicted octanol–water partition coefficient (Wildman–Crippen LogP) is 3.49. The van der Waals surface area contributed by atoms with E-state index in [0.29, 0.717) is 18.7 Å². The molecule has 2 aromatic rings. The highest BCUT2D eigenvalue weighted by Gasteiger charge is 2.21. The zero-order chi connectivity index (χ0) is 15.2. The molecule has 6 heteroatoms. The van der Waals surface area contributed by atoms with Crippen molar-refractivity contribution < 1.29 is 18.7 Å². The molecule has 0 saturated carbocycles. The van der Waals surface area contributed by atoms with Crippen LogP contribution in [0.5, 0.6) is 5.75 Å². The van der Waals surface area contributed by atoms with E-state index in [-0.39, 0.29) is 17.7 Å². The molecule has 0 aliphatic heterocycles. The largest absolute Gasteiger partial charge is 0.494 e. The van der Waals surface area contributed by atoms with Crippen LogP contribution in [0.15, 0.2) is 28.7 Å². The van der Waals surface area contributed by atoms with Crippen LogP contribution < -0.4 is 4.74 Å². The molecule has 1 aromatic heterocycles. The van der Waals surface area contributed by atoms with E-state index in [9.17, 15) is 4.79 Å². The lowest BCUT2D eigenvalue weighted by Crippen LogP contribution is -2.07. The van der Waals surface area contributed by atoms with Gasteiger partial charge in [-0.1, -0.05) is 12.1 Å². The van der Waals surface area contributed by atoms with Crippen LogP contribution in [0.25, 0.3) is 0 Å². The van der Waals surface area contributed by atoms with Crippen molar-refractivity contribution in [1.82, 2.24) is 4.98 Å². The minimum Gasteiger partial charge on any atom is -0.494 e. The second-order valence-electron chi connectivity index (χ2n) is 4.22. The number of ether oxygens (including phenoxy) is 2. The summed E-state index contributed by atoms with van der Waals surface area (Å²) < 4.78 is 15.4. The van der Waals surface area contributed by atoms with Gasteiger partial charge >= 0.3 is 5.97 Å². The monoisotopic (exact) mass is 309 g/mol. The Morgan fingerprint density at radius 3 is 2.57 bits per heavy atom. The summed E-state index contributed by atoms with van der Waals surface area (Å²) in [5, 5.41) is -0.0704. The molecule has 2 rings (SSSR count). The lowest BCUT2D eigenvalue weighted by atomic mass is 10.1. The zero-order valence-electron chi connectivity index (χ0n) is 11.9.